The molecule has 0 N–H and O–H groups in total. The Kier molecular flexibility index (Phi) is 6.72. The molecule has 0 atom stereocenters. The van der Waals surface area contributed by atoms with E-state index in [1.165, 1.54) is 17.7 Å². The van der Waals surface area contributed by atoms with Crippen LogP contribution in [0.15, 0.2) is 60.0 Å². The number of hydrogen-bond donors (Lipinski definition) is 0. The fourth-order valence-corrected chi connectivity index (χ4v) is 4.55. The second-order valence-electron chi connectivity index (χ2n) is 7.58. The number of benzene rings is 2. The zero-order chi connectivity index (χ0) is 21.6. The van der Waals surface area contributed by atoms with Gasteiger partial charge < -0.3 is 9.80 Å². The third-order valence-electron chi connectivity index (χ3n) is 5.37. The van der Waals surface area contributed by atoms with Crippen molar-refractivity contribution in [2.75, 3.05) is 26.2 Å². The number of aromatic nitrogens is 1. The predicted molar refractivity (Wildman–Crippen MR) is 119 cm³/mol. The molecule has 1 saturated heterocycles. The number of carbonyl (C=O) groups excluding carboxylic acids is 2. The van der Waals surface area contributed by atoms with Crippen molar-refractivity contribution in [1.82, 2.24) is 14.8 Å². The minimum atomic E-state index is -0.514. The Morgan fingerprint density at radius 2 is 1.65 bits per heavy atom. The molecule has 0 radical (unpaired) electrons. The minimum Gasteiger partial charge on any atom is -0.341 e. The quantitative estimate of drug-likeness (QED) is 0.610. The van der Waals surface area contributed by atoms with E-state index in [0.717, 1.165) is 17.1 Å². The lowest BCUT2D eigenvalue weighted by molar-refractivity contribution is -0.130. The van der Waals surface area contributed by atoms with Gasteiger partial charge in [0.15, 0.2) is 0 Å². The number of hydrogen-bond acceptors (Lipinski definition) is 4. The molecule has 0 bridgehead atoms. The molecule has 5 nitrogen and oxygen atoms in total. The molecular weight excluding hydrogens is 413 g/mol. The summed E-state index contributed by atoms with van der Waals surface area (Å²) in [5, 5.41) is 2.94. The normalized spacial score (nSPS) is 14.4. The van der Waals surface area contributed by atoms with E-state index in [1.54, 1.807) is 33.3 Å². The van der Waals surface area contributed by atoms with Gasteiger partial charge in [-0.25, -0.2) is 9.37 Å². The number of amides is 2. The maximum Gasteiger partial charge on any atom is 0.256 e. The predicted octanol–water partition coefficient (Wildman–Crippen LogP) is 3.79. The van der Waals surface area contributed by atoms with Crippen LogP contribution in [0.3, 0.4) is 0 Å². The van der Waals surface area contributed by atoms with Gasteiger partial charge in [0, 0.05) is 38.0 Å². The van der Waals surface area contributed by atoms with Gasteiger partial charge in [0.1, 0.15) is 5.82 Å². The van der Waals surface area contributed by atoms with Crippen molar-refractivity contribution in [2.45, 2.75) is 19.3 Å². The van der Waals surface area contributed by atoms with E-state index in [0.29, 0.717) is 32.6 Å². The zero-order valence-electron chi connectivity index (χ0n) is 17.2. The average molecular weight is 438 g/mol. The molecule has 0 unspecified atom stereocenters. The van der Waals surface area contributed by atoms with Gasteiger partial charge in [0.05, 0.1) is 22.7 Å². The standard InChI is InChI=1S/C24H24FN3O2S/c25-21-10-5-4-9-20(21)24(30)28-12-6-11-27(13-14-28)23(29)16-19-17-31-22(26-19)15-18-7-2-1-3-8-18/h1-5,7-10,17H,6,11-16H2. The van der Waals surface area contributed by atoms with Gasteiger partial charge in [-0.2, -0.15) is 0 Å². The molecule has 4 rings (SSSR count). The summed E-state index contributed by atoms with van der Waals surface area (Å²) < 4.78 is 14.0. The van der Waals surface area contributed by atoms with Crippen LogP contribution in [-0.2, 0) is 17.6 Å². The summed E-state index contributed by atoms with van der Waals surface area (Å²) in [4.78, 5) is 33.5. The molecule has 1 aromatic heterocycles. The summed E-state index contributed by atoms with van der Waals surface area (Å²) in [6.45, 7) is 1.94. The van der Waals surface area contributed by atoms with E-state index >= 15 is 0 Å². The first-order valence-electron chi connectivity index (χ1n) is 10.4. The van der Waals surface area contributed by atoms with Gasteiger partial charge in [0.2, 0.25) is 5.91 Å². The van der Waals surface area contributed by atoms with Crippen LogP contribution >= 0.6 is 11.3 Å². The summed E-state index contributed by atoms with van der Waals surface area (Å²) in [6.07, 6.45) is 1.69. The molecule has 0 spiro atoms. The third kappa shape index (κ3) is 5.35. The van der Waals surface area contributed by atoms with E-state index in [9.17, 15) is 14.0 Å². The van der Waals surface area contributed by atoms with E-state index in [1.807, 2.05) is 23.6 Å². The van der Waals surface area contributed by atoms with Gasteiger partial charge in [-0.15, -0.1) is 11.3 Å². The largest absolute Gasteiger partial charge is 0.341 e. The van der Waals surface area contributed by atoms with Crippen LogP contribution in [0.5, 0.6) is 0 Å². The van der Waals surface area contributed by atoms with Crippen LogP contribution in [-0.4, -0.2) is 52.8 Å². The molecule has 7 heteroatoms. The highest BCUT2D eigenvalue weighted by Crippen LogP contribution is 2.17. The Bertz CT molecular complexity index is 1050. The van der Waals surface area contributed by atoms with E-state index < -0.39 is 5.82 Å². The van der Waals surface area contributed by atoms with E-state index in [4.69, 9.17) is 0 Å². The lowest BCUT2D eigenvalue weighted by Gasteiger charge is -2.22. The Labute approximate surface area is 185 Å². The number of halogens is 1. The monoisotopic (exact) mass is 437 g/mol. The fourth-order valence-electron chi connectivity index (χ4n) is 3.72. The van der Waals surface area contributed by atoms with Crippen molar-refractivity contribution in [2.24, 2.45) is 0 Å². The van der Waals surface area contributed by atoms with Crippen molar-refractivity contribution in [3.8, 4) is 0 Å². The van der Waals surface area contributed by atoms with Gasteiger partial charge >= 0.3 is 0 Å². The average Bonchev–Trinajstić information content (AvgIpc) is 3.06. The van der Waals surface area contributed by atoms with Gasteiger partial charge in [-0.3, -0.25) is 9.59 Å². The lowest BCUT2D eigenvalue weighted by atomic mass is 10.2. The topological polar surface area (TPSA) is 53.5 Å². The number of carbonyl (C=O) groups is 2. The summed E-state index contributed by atoms with van der Waals surface area (Å²) in [6, 6.07) is 16.2. The number of rotatable bonds is 5. The maximum atomic E-state index is 14.0. The Morgan fingerprint density at radius 1 is 0.935 bits per heavy atom. The summed E-state index contributed by atoms with van der Waals surface area (Å²) in [5.41, 5.74) is 2.06. The third-order valence-corrected chi connectivity index (χ3v) is 6.27. The highest BCUT2D eigenvalue weighted by molar-refractivity contribution is 7.09. The second kappa shape index (κ2) is 9.83. The Balaban J connectivity index is 1.33. The first-order valence-corrected chi connectivity index (χ1v) is 11.3. The highest BCUT2D eigenvalue weighted by atomic mass is 32.1. The molecule has 0 saturated carbocycles. The van der Waals surface area contributed by atoms with Crippen LogP contribution in [0.1, 0.15) is 33.0 Å². The summed E-state index contributed by atoms with van der Waals surface area (Å²) in [5.74, 6) is -0.825. The molecular formula is C24H24FN3O2S. The lowest BCUT2D eigenvalue weighted by Crippen LogP contribution is -2.38. The molecule has 2 aromatic carbocycles. The van der Waals surface area contributed by atoms with Crippen molar-refractivity contribution >= 4 is 23.2 Å². The maximum absolute atomic E-state index is 14.0. The van der Waals surface area contributed by atoms with Crippen molar-refractivity contribution < 1.29 is 14.0 Å². The highest BCUT2D eigenvalue weighted by Gasteiger charge is 2.24. The zero-order valence-corrected chi connectivity index (χ0v) is 18.0. The van der Waals surface area contributed by atoms with E-state index in [-0.39, 0.29) is 23.8 Å². The molecule has 2 heterocycles. The van der Waals surface area contributed by atoms with Crippen molar-refractivity contribution in [1.29, 1.82) is 0 Å². The first kappa shape index (κ1) is 21.2. The Morgan fingerprint density at radius 3 is 2.45 bits per heavy atom. The van der Waals surface area contributed by atoms with Gasteiger partial charge in [-0.1, -0.05) is 42.5 Å². The molecule has 31 heavy (non-hydrogen) atoms. The van der Waals surface area contributed by atoms with Crippen molar-refractivity contribution in [3.63, 3.8) is 0 Å². The van der Waals surface area contributed by atoms with Gasteiger partial charge in [0.25, 0.3) is 5.91 Å². The van der Waals surface area contributed by atoms with Crippen LogP contribution in [0.4, 0.5) is 4.39 Å². The van der Waals surface area contributed by atoms with E-state index in [2.05, 4.69) is 17.1 Å². The first-order chi connectivity index (χ1) is 15.1. The van der Waals surface area contributed by atoms with Crippen LogP contribution in [0.25, 0.3) is 0 Å². The molecule has 2 amide bonds. The van der Waals surface area contributed by atoms with Crippen LogP contribution in [0.2, 0.25) is 0 Å². The molecule has 1 aliphatic heterocycles. The molecule has 3 aromatic rings. The summed E-state index contributed by atoms with van der Waals surface area (Å²) in [7, 11) is 0. The molecule has 0 aliphatic carbocycles. The number of nitrogens with zero attached hydrogens (tertiary/aromatic N) is 3. The number of thiazole rings is 1. The smallest absolute Gasteiger partial charge is 0.256 e. The SMILES string of the molecule is O=C(Cc1csc(Cc2ccccc2)n1)N1CCCN(C(=O)c2ccccc2F)CC1. The van der Waals surface area contributed by atoms with Crippen LogP contribution in [0, 0.1) is 5.82 Å². The second-order valence-corrected chi connectivity index (χ2v) is 8.52. The Hall–Kier alpha value is -3.06. The molecule has 1 aliphatic rings. The molecule has 160 valence electrons. The minimum absolute atomic E-state index is 0.0109. The summed E-state index contributed by atoms with van der Waals surface area (Å²) >= 11 is 1.57. The van der Waals surface area contributed by atoms with Crippen molar-refractivity contribution in [3.05, 3.63) is 87.6 Å². The van der Waals surface area contributed by atoms with Gasteiger partial charge in [-0.05, 0) is 24.1 Å². The van der Waals surface area contributed by atoms with Crippen LogP contribution < -0.4 is 0 Å². The molecule has 1 fully saturated rings. The fraction of sp³-hybridized carbons (Fsp3) is 0.292.